The van der Waals surface area contributed by atoms with E-state index in [1.54, 1.807) is 0 Å². The summed E-state index contributed by atoms with van der Waals surface area (Å²) < 4.78 is 1.19. The van der Waals surface area contributed by atoms with Gasteiger partial charge in [-0.3, -0.25) is 0 Å². The van der Waals surface area contributed by atoms with E-state index in [1.165, 1.54) is 14.7 Å². The molecule has 5 heterocycles. The van der Waals surface area contributed by atoms with Gasteiger partial charge in [0.15, 0.2) is 0 Å². The summed E-state index contributed by atoms with van der Waals surface area (Å²) in [6.07, 6.45) is 8.64. The van der Waals surface area contributed by atoms with Crippen molar-refractivity contribution in [3.05, 3.63) is 164 Å². The molecule has 6 heteroatoms. The van der Waals surface area contributed by atoms with E-state index < -0.39 is 8.07 Å². The lowest BCUT2D eigenvalue weighted by molar-refractivity contribution is 0.590. The van der Waals surface area contributed by atoms with Gasteiger partial charge in [0.2, 0.25) is 0 Å². The molecule has 3 aromatic heterocycles. The molecule has 312 valence electrons. The number of H-pyrrole nitrogens is 2. The average Bonchev–Trinajstić information content (AvgIpc) is 4.09. The van der Waals surface area contributed by atoms with Crippen molar-refractivity contribution in [2.24, 2.45) is 0 Å². The number of hydrogen-bond acceptors (Lipinski definition) is 2. The third-order valence-electron chi connectivity index (χ3n) is 11.7. The number of aromatic nitrogens is 4. The lowest BCUT2D eigenvalue weighted by Gasteiger charge is -2.19. The first-order valence-electron chi connectivity index (χ1n) is 21.8. The summed E-state index contributed by atoms with van der Waals surface area (Å²) >= 11 is 2.38. The topological polar surface area (TPSA) is 57.4 Å². The van der Waals surface area contributed by atoms with E-state index in [4.69, 9.17) is 9.97 Å². The summed E-state index contributed by atoms with van der Waals surface area (Å²) in [5.41, 5.74) is 23.2. The number of benzene rings is 4. The van der Waals surface area contributed by atoms with Crippen LogP contribution in [0.25, 0.3) is 90.9 Å². The smallest absolute Gasteiger partial charge is 0.129 e. The van der Waals surface area contributed by atoms with Crippen LogP contribution >= 0.6 is 22.6 Å². The highest BCUT2D eigenvalue weighted by molar-refractivity contribution is 14.1. The van der Waals surface area contributed by atoms with Gasteiger partial charge in [0.1, 0.15) is 8.07 Å². The molecule has 0 amide bonds. The molecule has 0 spiro atoms. The molecular weight excluding hydrogens is 896 g/mol. The molecule has 63 heavy (non-hydrogen) atoms. The van der Waals surface area contributed by atoms with Crippen LogP contribution in [0.3, 0.4) is 0 Å². The minimum Gasteiger partial charge on any atom is -0.354 e. The maximum Gasteiger partial charge on any atom is 0.129 e. The SMILES string of the molecule is CC(C)(C)c1ccc(-c2c3nc(c(-c4ccc(C#C[Si](C)(C)C)cc4)c4ccc([nH]4)c(-c4ccc(I)cc4)c4ccc([nH]4)c(-c4ccc(C(C)(C)C)cc4)c4nc2C=C4)C=C3)cc1. The Morgan fingerprint density at radius 2 is 0.762 bits per heavy atom. The first kappa shape index (κ1) is 42.3. The Morgan fingerprint density at radius 1 is 0.429 bits per heavy atom. The van der Waals surface area contributed by atoms with Crippen LogP contribution < -0.4 is 0 Å². The second kappa shape index (κ2) is 16.3. The first-order chi connectivity index (χ1) is 30.0. The second-order valence-electron chi connectivity index (χ2n) is 19.7. The Kier molecular flexibility index (Phi) is 10.9. The number of nitrogens with zero attached hydrogens (tertiary/aromatic N) is 2. The van der Waals surface area contributed by atoms with Gasteiger partial charge in [0, 0.05) is 53.5 Å². The van der Waals surface area contributed by atoms with E-state index in [0.717, 1.165) is 94.9 Å². The van der Waals surface area contributed by atoms with Crippen molar-refractivity contribution in [3.63, 3.8) is 0 Å². The number of rotatable bonds is 4. The molecule has 2 N–H and O–H groups in total. The van der Waals surface area contributed by atoms with Gasteiger partial charge in [0.05, 0.1) is 22.8 Å². The summed E-state index contributed by atoms with van der Waals surface area (Å²) in [7, 11) is -1.54. The van der Waals surface area contributed by atoms with Crippen molar-refractivity contribution in [2.45, 2.75) is 72.0 Å². The molecule has 0 unspecified atom stereocenters. The highest BCUT2D eigenvalue weighted by atomic mass is 127. The number of fused-ring (bicyclic) bond motifs is 8. The van der Waals surface area contributed by atoms with Crippen LogP contribution in [0.15, 0.2) is 121 Å². The molecule has 0 atom stereocenters. The Hall–Kier alpha value is -6.01. The Labute approximate surface area is 386 Å². The third-order valence-corrected chi connectivity index (χ3v) is 13.3. The summed E-state index contributed by atoms with van der Waals surface area (Å²) in [6.45, 7) is 20.4. The fourth-order valence-electron chi connectivity index (χ4n) is 8.29. The molecular formula is C57H53IN4Si. The summed E-state index contributed by atoms with van der Waals surface area (Å²) in [5, 5.41) is 0. The normalized spacial score (nSPS) is 12.7. The molecule has 0 saturated carbocycles. The van der Waals surface area contributed by atoms with Gasteiger partial charge in [-0.15, -0.1) is 5.54 Å². The molecule has 0 radical (unpaired) electrons. The molecule has 4 aromatic carbocycles. The minimum absolute atomic E-state index is 0.0212. The molecule has 4 nitrogen and oxygen atoms in total. The summed E-state index contributed by atoms with van der Waals surface area (Å²) in [5.74, 6) is 3.44. The van der Waals surface area contributed by atoms with Gasteiger partial charge in [-0.05, 0) is 140 Å². The van der Waals surface area contributed by atoms with Crippen LogP contribution in [-0.4, -0.2) is 28.0 Å². The zero-order valence-corrected chi connectivity index (χ0v) is 40.8. The minimum atomic E-state index is -1.54. The average molecular weight is 949 g/mol. The fourth-order valence-corrected chi connectivity index (χ4v) is 9.17. The molecule has 9 rings (SSSR count). The van der Waals surface area contributed by atoms with Crippen molar-refractivity contribution in [2.75, 3.05) is 0 Å². The summed E-state index contributed by atoms with van der Waals surface area (Å²) in [4.78, 5) is 18.9. The van der Waals surface area contributed by atoms with Crippen molar-refractivity contribution in [1.29, 1.82) is 0 Å². The lowest BCUT2D eigenvalue weighted by Crippen LogP contribution is -2.16. The molecule has 0 saturated heterocycles. The monoisotopic (exact) mass is 948 g/mol. The zero-order valence-electron chi connectivity index (χ0n) is 37.6. The fraction of sp³-hybridized carbons (Fsp3) is 0.193. The van der Waals surface area contributed by atoms with Crippen molar-refractivity contribution in [1.82, 2.24) is 19.9 Å². The molecule has 0 fully saturated rings. The Morgan fingerprint density at radius 3 is 1.16 bits per heavy atom. The van der Waals surface area contributed by atoms with Crippen LogP contribution in [-0.2, 0) is 10.8 Å². The van der Waals surface area contributed by atoms with Crippen LogP contribution in [0.5, 0.6) is 0 Å². The summed E-state index contributed by atoms with van der Waals surface area (Å²) in [6, 6.07) is 44.2. The first-order valence-corrected chi connectivity index (χ1v) is 26.3. The highest BCUT2D eigenvalue weighted by Gasteiger charge is 2.22. The van der Waals surface area contributed by atoms with Crippen LogP contribution in [0, 0.1) is 15.0 Å². The maximum atomic E-state index is 5.52. The van der Waals surface area contributed by atoms with E-state index in [0.29, 0.717) is 0 Å². The largest absolute Gasteiger partial charge is 0.354 e. The van der Waals surface area contributed by atoms with Gasteiger partial charge in [-0.25, -0.2) is 9.97 Å². The molecule has 2 aliphatic rings. The number of nitrogens with one attached hydrogen (secondary N) is 2. The Bertz CT molecular complexity index is 3190. The van der Waals surface area contributed by atoms with Crippen LogP contribution in [0.2, 0.25) is 19.6 Å². The predicted molar refractivity (Wildman–Crippen MR) is 281 cm³/mol. The molecule has 7 aromatic rings. The van der Waals surface area contributed by atoms with Crippen LogP contribution in [0.1, 0.15) is 81.0 Å². The van der Waals surface area contributed by atoms with Gasteiger partial charge >= 0.3 is 0 Å². The predicted octanol–water partition coefficient (Wildman–Crippen LogP) is 15.8. The maximum absolute atomic E-state index is 5.52. The quantitative estimate of drug-likeness (QED) is 0.105. The van der Waals surface area contributed by atoms with Gasteiger partial charge in [0.25, 0.3) is 0 Å². The standard InChI is InChI=1S/C57H53IN4Si/c1-56(2,3)41-20-14-38(15-21-41)53-46-28-26-44(59-46)52(37-12-10-36(11-13-37)34-35-63(7,8)9)45-27-32-50(60-45)55(40-18-24-43(58)25-19-40)51-33-31-49(62-51)54(48-30-29-47(53)61-48)39-16-22-42(23-17-39)57(4,5)6/h10-33,60,62H,1-9H3. The van der Waals surface area contributed by atoms with Crippen molar-refractivity contribution in [3.8, 4) is 56.0 Å². The lowest BCUT2D eigenvalue weighted by atomic mass is 9.86. The number of aromatic amines is 2. The third kappa shape index (κ3) is 8.82. The van der Waals surface area contributed by atoms with E-state index >= 15 is 0 Å². The van der Waals surface area contributed by atoms with Crippen LogP contribution in [0.4, 0.5) is 0 Å². The van der Waals surface area contributed by atoms with Gasteiger partial charge in [-0.2, -0.15) is 0 Å². The van der Waals surface area contributed by atoms with Gasteiger partial charge < -0.3 is 9.97 Å². The number of halogens is 1. The number of hydrogen-bond donors (Lipinski definition) is 2. The molecule has 2 aliphatic heterocycles. The van der Waals surface area contributed by atoms with E-state index in [9.17, 15) is 0 Å². The zero-order chi connectivity index (χ0) is 44.3. The highest BCUT2D eigenvalue weighted by Crippen LogP contribution is 2.39. The molecule has 0 aliphatic carbocycles. The van der Waals surface area contributed by atoms with Gasteiger partial charge in [-0.1, -0.05) is 140 Å². The van der Waals surface area contributed by atoms with E-state index in [2.05, 4.69) is 251 Å². The molecule has 8 bridgehead atoms. The Balaban J connectivity index is 1.40. The van der Waals surface area contributed by atoms with Crippen molar-refractivity contribution >= 4 is 77.0 Å². The van der Waals surface area contributed by atoms with Crippen molar-refractivity contribution < 1.29 is 0 Å². The van der Waals surface area contributed by atoms with E-state index in [1.807, 2.05) is 0 Å². The van der Waals surface area contributed by atoms with E-state index in [-0.39, 0.29) is 10.8 Å². The second-order valence-corrected chi connectivity index (χ2v) is 25.7.